The predicted octanol–water partition coefficient (Wildman–Crippen LogP) is 5.39. The van der Waals surface area contributed by atoms with E-state index in [1.54, 1.807) is 54.6 Å². The molecule has 0 spiro atoms. The van der Waals surface area contributed by atoms with E-state index in [1.807, 2.05) is 0 Å². The van der Waals surface area contributed by atoms with Crippen LogP contribution in [0.5, 0.6) is 28.7 Å². The van der Waals surface area contributed by atoms with Gasteiger partial charge in [-0.25, -0.2) is 10.2 Å². The van der Waals surface area contributed by atoms with Gasteiger partial charge in [-0.1, -0.05) is 29.3 Å². The summed E-state index contributed by atoms with van der Waals surface area (Å²) in [7, 11) is 2.99. The Bertz CT molecular complexity index is 1260. The summed E-state index contributed by atoms with van der Waals surface area (Å²) < 4.78 is 27.9. The Labute approximate surface area is 229 Å². The van der Waals surface area contributed by atoms with Gasteiger partial charge in [-0.2, -0.15) is 5.10 Å². The van der Waals surface area contributed by atoms with Crippen LogP contribution in [0.15, 0.2) is 70.2 Å². The number of hydrazone groups is 1. The van der Waals surface area contributed by atoms with E-state index in [0.717, 1.165) is 23.1 Å². The van der Waals surface area contributed by atoms with Crippen molar-refractivity contribution in [2.45, 2.75) is 19.8 Å². The van der Waals surface area contributed by atoms with Gasteiger partial charge in [-0.15, -0.1) is 0 Å². The highest BCUT2D eigenvalue weighted by atomic mass is 79.9. The Morgan fingerprint density at radius 2 is 1.58 bits per heavy atom. The van der Waals surface area contributed by atoms with Crippen LogP contribution in [0.2, 0.25) is 0 Å². The number of amides is 1. The molecular weight excluding hydrogens is 556 g/mol. The van der Waals surface area contributed by atoms with Gasteiger partial charge >= 0.3 is 5.97 Å². The first-order valence-electron chi connectivity index (χ1n) is 11.8. The summed E-state index contributed by atoms with van der Waals surface area (Å²) in [5, 5.41) is 3.97. The standard InChI is InChI=1S/C28H29BrN2O7/c1-4-5-14-36-22-8-10-23(11-9-22)37-18-27(32)31-30-17-20-15-21(29)7-13-24(20)38-28(33)19-6-12-25(34-2)26(16-19)35-3/h6-13,15-17H,4-5,14,18H2,1-3H3,(H,31,32)/b30-17-. The normalized spacial score (nSPS) is 10.6. The van der Waals surface area contributed by atoms with Crippen LogP contribution in [-0.4, -0.2) is 45.5 Å². The average Bonchev–Trinajstić information content (AvgIpc) is 2.93. The van der Waals surface area contributed by atoms with E-state index in [2.05, 4.69) is 33.4 Å². The summed E-state index contributed by atoms with van der Waals surface area (Å²) in [4.78, 5) is 24.9. The summed E-state index contributed by atoms with van der Waals surface area (Å²) in [6, 6.07) is 16.8. The SMILES string of the molecule is CCCCOc1ccc(OCC(=O)N/N=C\c2cc(Br)ccc2OC(=O)c2ccc(OC)c(OC)c2)cc1. The Morgan fingerprint density at radius 3 is 2.26 bits per heavy atom. The minimum absolute atomic E-state index is 0.229. The molecule has 200 valence electrons. The van der Waals surface area contributed by atoms with Crippen molar-refractivity contribution in [3.8, 4) is 28.7 Å². The second-order valence-corrected chi connectivity index (χ2v) is 8.81. The number of hydrogen-bond donors (Lipinski definition) is 1. The van der Waals surface area contributed by atoms with Crippen LogP contribution >= 0.6 is 15.9 Å². The van der Waals surface area contributed by atoms with Crippen LogP contribution < -0.4 is 29.1 Å². The molecule has 0 heterocycles. The zero-order chi connectivity index (χ0) is 27.3. The van der Waals surface area contributed by atoms with Crippen LogP contribution in [0.3, 0.4) is 0 Å². The largest absolute Gasteiger partial charge is 0.494 e. The first-order valence-corrected chi connectivity index (χ1v) is 12.6. The zero-order valence-electron chi connectivity index (χ0n) is 21.4. The quantitative estimate of drug-likeness (QED) is 0.0943. The molecule has 0 aromatic heterocycles. The van der Waals surface area contributed by atoms with E-state index in [4.69, 9.17) is 23.7 Å². The summed E-state index contributed by atoms with van der Waals surface area (Å²) in [5.74, 6) is 1.38. The van der Waals surface area contributed by atoms with Gasteiger partial charge in [0.15, 0.2) is 18.1 Å². The monoisotopic (exact) mass is 584 g/mol. The third-order valence-corrected chi connectivity index (χ3v) is 5.64. The minimum Gasteiger partial charge on any atom is -0.494 e. The van der Waals surface area contributed by atoms with Gasteiger partial charge in [0.05, 0.1) is 32.6 Å². The third-order valence-electron chi connectivity index (χ3n) is 5.15. The molecule has 9 nitrogen and oxygen atoms in total. The lowest BCUT2D eigenvalue weighted by Gasteiger charge is -2.11. The second-order valence-electron chi connectivity index (χ2n) is 7.90. The summed E-state index contributed by atoms with van der Waals surface area (Å²) >= 11 is 3.39. The summed E-state index contributed by atoms with van der Waals surface area (Å²) in [6.45, 7) is 2.53. The van der Waals surface area contributed by atoms with Crippen molar-refractivity contribution < 1.29 is 33.3 Å². The lowest BCUT2D eigenvalue weighted by Crippen LogP contribution is -2.24. The fourth-order valence-electron chi connectivity index (χ4n) is 3.16. The van der Waals surface area contributed by atoms with Gasteiger partial charge in [-0.05, 0) is 67.1 Å². The lowest BCUT2D eigenvalue weighted by atomic mass is 10.2. The van der Waals surface area contributed by atoms with E-state index in [9.17, 15) is 9.59 Å². The highest BCUT2D eigenvalue weighted by Gasteiger charge is 2.15. The number of ether oxygens (including phenoxy) is 5. The molecular formula is C28H29BrN2O7. The number of halogens is 1. The molecule has 0 radical (unpaired) electrons. The number of carbonyl (C=O) groups excluding carboxylic acids is 2. The number of methoxy groups -OCH3 is 2. The molecule has 0 unspecified atom stereocenters. The number of nitrogens with one attached hydrogen (secondary N) is 1. The molecule has 38 heavy (non-hydrogen) atoms. The number of unbranched alkanes of at least 4 members (excludes halogenated alkanes) is 1. The van der Waals surface area contributed by atoms with Gasteiger partial charge in [0.25, 0.3) is 5.91 Å². The maximum atomic E-state index is 12.7. The van der Waals surface area contributed by atoms with Crippen molar-refractivity contribution >= 4 is 34.0 Å². The van der Waals surface area contributed by atoms with Crippen LogP contribution in [0.25, 0.3) is 0 Å². The summed E-state index contributed by atoms with van der Waals surface area (Å²) in [6.07, 6.45) is 3.43. The van der Waals surface area contributed by atoms with E-state index in [1.165, 1.54) is 26.5 Å². The Kier molecular flexibility index (Phi) is 11.0. The molecule has 0 saturated carbocycles. The van der Waals surface area contributed by atoms with Crippen molar-refractivity contribution in [1.29, 1.82) is 0 Å². The first kappa shape index (κ1) is 28.5. The Morgan fingerprint density at radius 1 is 0.895 bits per heavy atom. The third kappa shape index (κ3) is 8.52. The zero-order valence-corrected chi connectivity index (χ0v) is 22.9. The molecule has 0 atom stereocenters. The average molecular weight is 585 g/mol. The van der Waals surface area contributed by atoms with Crippen molar-refractivity contribution in [2.75, 3.05) is 27.4 Å². The van der Waals surface area contributed by atoms with Gasteiger partial charge < -0.3 is 23.7 Å². The molecule has 3 rings (SSSR count). The Hall–Kier alpha value is -4.05. The first-order chi connectivity index (χ1) is 18.4. The molecule has 3 aromatic rings. The minimum atomic E-state index is -0.595. The van der Waals surface area contributed by atoms with E-state index >= 15 is 0 Å². The Balaban J connectivity index is 1.57. The highest BCUT2D eigenvalue weighted by molar-refractivity contribution is 9.10. The van der Waals surface area contributed by atoms with E-state index < -0.39 is 11.9 Å². The second kappa shape index (κ2) is 14.6. The maximum Gasteiger partial charge on any atom is 0.343 e. The number of carbonyl (C=O) groups is 2. The number of rotatable bonds is 13. The molecule has 0 saturated heterocycles. The molecule has 0 aliphatic heterocycles. The predicted molar refractivity (Wildman–Crippen MR) is 147 cm³/mol. The molecule has 1 N–H and O–H groups in total. The van der Waals surface area contributed by atoms with E-state index in [-0.39, 0.29) is 17.9 Å². The van der Waals surface area contributed by atoms with E-state index in [0.29, 0.717) is 29.4 Å². The van der Waals surface area contributed by atoms with Crippen molar-refractivity contribution in [2.24, 2.45) is 5.10 Å². The van der Waals surface area contributed by atoms with Crippen molar-refractivity contribution in [1.82, 2.24) is 5.43 Å². The molecule has 1 amide bonds. The number of hydrogen-bond acceptors (Lipinski definition) is 8. The molecule has 10 heteroatoms. The topological polar surface area (TPSA) is 105 Å². The van der Waals surface area contributed by atoms with Gasteiger partial charge in [0, 0.05) is 10.0 Å². The fourth-order valence-corrected chi connectivity index (χ4v) is 3.54. The molecule has 0 aliphatic carbocycles. The molecule has 3 aromatic carbocycles. The molecule has 0 bridgehead atoms. The lowest BCUT2D eigenvalue weighted by molar-refractivity contribution is -0.123. The molecule has 0 aliphatic rings. The van der Waals surface area contributed by atoms with Crippen molar-refractivity contribution in [3.05, 3.63) is 76.3 Å². The van der Waals surface area contributed by atoms with Gasteiger partial charge in [0.2, 0.25) is 0 Å². The number of benzene rings is 3. The summed E-state index contributed by atoms with van der Waals surface area (Å²) in [5.41, 5.74) is 3.14. The van der Waals surface area contributed by atoms with Crippen LogP contribution in [0, 0.1) is 0 Å². The van der Waals surface area contributed by atoms with Crippen molar-refractivity contribution in [3.63, 3.8) is 0 Å². The van der Waals surface area contributed by atoms with Gasteiger partial charge in [0.1, 0.15) is 17.2 Å². The van der Waals surface area contributed by atoms with Crippen LogP contribution in [0.4, 0.5) is 0 Å². The highest BCUT2D eigenvalue weighted by Crippen LogP contribution is 2.29. The maximum absolute atomic E-state index is 12.7. The number of esters is 1. The van der Waals surface area contributed by atoms with Crippen LogP contribution in [0.1, 0.15) is 35.7 Å². The molecule has 0 fully saturated rings. The number of nitrogens with zero attached hydrogens (tertiary/aromatic N) is 1. The van der Waals surface area contributed by atoms with Gasteiger partial charge in [-0.3, -0.25) is 4.79 Å². The smallest absolute Gasteiger partial charge is 0.343 e. The fraction of sp³-hybridized carbons (Fsp3) is 0.250. The van der Waals surface area contributed by atoms with Crippen LogP contribution in [-0.2, 0) is 4.79 Å².